The van der Waals surface area contributed by atoms with Gasteiger partial charge >= 0.3 is 0 Å². The second-order valence-electron chi connectivity index (χ2n) is 6.61. The number of rotatable bonds is 7. The van der Waals surface area contributed by atoms with Gasteiger partial charge in [-0.1, -0.05) is 48.5 Å². The number of para-hydroxylation sites is 1. The Hall–Kier alpha value is -2.96. The molecule has 142 valence electrons. The lowest BCUT2D eigenvalue weighted by Gasteiger charge is -2.16. The molecule has 0 amide bonds. The van der Waals surface area contributed by atoms with E-state index >= 15 is 0 Å². The molecule has 0 aliphatic carbocycles. The van der Waals surface area contributed by atoms with Crippen molar-refractivity contribution in [2.24, 2.45) is 0 Å². The maximum absolute atomic E-state index is 12.5. The SMILES string of the molecule is CN(CCOc1ccccc1)Cc1nc2sc(-c3ccccc3)cc2c(=O)[nH]1. The van der Waals surface area contributed by atoms with Crippen LogP contribution >= 0.6 is 11.3 Å². The molecular weight excluding hydrogens is 370 g/mol. The summed E-state index contributed by atoms with van der Waals surface area (Å²) in [5.41, 5.74) is 1.01. The van der Waals surface area contributed by atoms with Gasteiger partial charge in [-0.3, -0.25) is 9.69 Å². The highest BCUT2D eigenvalue weighted by atomic mass is 32.1. The number of thiophene rings is 1. The fraction of sp³-hybridized carbons (Fsp3) is 0.182. The molecule has 4 rings (SSSR count). The summed E-state index contributed by atoms with van der Waals surface area (Å²) >= 11 is 1.55. The molecule has 28 heavy (non-hydrogen) atoms. The second kappa shape index (κ2) is 8.37. The van der Waals surface area contributed by atoms with Gasteiger partial charge in [-0.05, 0) is 30.8 Å². The van der Waals surface area contributed by atoms with E-state index in [2.05, 4.69) is 14.9 Å². The fourth-order valence-electron chi connectivity index (χ4n) is 2.97. The zero-order valence-corrected chi connectivity index (χ0v) is 16.4. The van der Waals surface area contributed by atoms with Gasteiger partial charge in [0.15, 0.2) is 0 Å². The first kappa shape index (κ1) is 18.4. The molecule has 0 aliphatic heterocycles. The third-order valence-corrected chi connectivity index (χ3v) is 5.49. The summed E-state index contributed by atoms with van der Waals surface area (Å²) in [5, 5.41) is 0.641. The molecule has 2 aromatic carbocycles. The molecule has 0 saturated carbocycles. The predicted molar refractivity (Wildman–Crippen MR) is 114 cm³/mol. The summed E-state index contributed by atoms with van der Waals surface area (Å²) in [7, 11) is 1.99. The summed E-state index contributed by atoms with van der Waals surface area (Å²) in [5.74, 6) is 1.53. The molecule has 0 saturated heterocycles. The van der Waals surface area contributed by atoms with E-state index in [1.165, 1.54) is 0 Å². The van der Waals surface area contributed by atoms with E-state index in [4.69, 9.17) is 4.74 Å². The molecule has 0 bridgehead atoms. The van der Waals surface area contributed by atoms with Gasteiger partial charge in [0.2, 0.25) is 0 Å². The third-order valence-electron chi connectivity index (χ3n) is 4.41. The molecule has 0 unspecified atom stereocenters. The predicted octanol–water partition coefficient (Wildman–Crippen LogP) is 4.16. The van der Waals surface area contributed by atoms with Crippen LogP contribution in [0.15, 0.2) is 71.5 Å². The van der Waals surface area contributed by atoms with Crippen molar-refractivity contribution >= 4 is 21.6 Å². The summed E-state index contributed by atoms with van der Waals surface area (Å²) in [6, 6.07) is 21.7. The van der Waals surface area contributed by atoms with Crippen molar-refractivity contribution in [1.82, 2.24) is 14.9 Å². The zero-order valence-electron chi connectivity index (χ0n) is 15.6. The monoisotopic (exact) mass is 391 g/mol. The first-order chi connectivity index (χ1) is 13.7. The number of aromatic amines is 1. The van der Waals surface area contributed by atoms with E-state index in [0.717, 1.165) is 27.6 Å². The van der Waals surface area contributed by atoms with Gasteiger partial charge in [0, 0.05) is 11.4 Å². The lowest BCUT2D eigenvalue weighted by Crippen LogP contribution is -2.26. The van der Waals surface area contributed by atoms with Crippen LogP contribution in [0.25, 0.3) is 20.7 Å². The van der Waals surface area contributed by atoms with Crippen LogP contribution in [-0.4, -0.2) is 35.1 Å². The summed E-state index contributed by atoms with van der Waals surface area (Å²) in [6.07, 6.45) is 0. The van der Waals surface area contributed by atoms with Gasteiger partial charge in [-0.2, -0.15) is 0 Å². The Morgan fingerprint density at radius 2 is 1.79 bits per heavy atom. The maximum atomic E-state index is 12.5. The number of hydrogen-bond acceptors (Lipinski definition) is 5. The average Bonchev–Trinajstić information content (AvgIpc) is 3.14. The van der Waals surface area contributed by atoms with Crippen LogP contribution in [0.2, 0.25) is 0 Å². The normalized spacial score (nSPS) is 11.2. The molecule has 2 heterocycles. The Morgan fingerprint density at radius 3 is 2.54 bits per heavy atom. The van der Waals surface area contributed by atoms with Crippen molar-refractivity contribution in [2.45, 2.75) is 6.54 Å². The maximum Gasteiger partial charge on any atom is 0.259 e. The molecule has 0 spiro atoms. The molecule has 0 fully saturated rings. The topological polar surface area (TPSA) is 58.2 Å². The smallest absolute Gasteiger partial charge is 0.259 e. The second-order valence-corrected chi connectivity index (χ2v) is 7.64. The average molecular weight is 391 g/mol. The van der Waals surface area contributed by atoms with Gasteiger partial charge in [0.05, 0.1) is 11.9 Å². The van der Waals surface area contributed by atoms with Crippen molar-refractivity contribution in [3.8, 4) is 16.2 Å². The number of nitrogens with one attached hydrogen (secondary N) is 1. The van der Waals surface area contributed by atoms with E-state index in [0.29, 0.717) is 24.4 Å². The van der Waals surface area contributed by atoms with E-state index < -0.39 is 0 Å². The Morgan fingerprint density at radius 1 is 1.07 bits per heavy atom. The molecule has 0 aliphatic rings. The Kier molecular flexibility index (Phi) is 5.50. The van der Waals surface area contributed by atoms with Gasteiger partial charge < -0.3 is 9.72 Å². The Labute approximate surface area is 167 Å². The minimum Gasteiger partial charge on any atom is -0.492 e. The van der Waals surface area contributed by atoms with Gasteiger partial charge in [-0.15, -0.1) is 11.3 Å². The van der Waals surface area contributed by atoms with Crippen LogP contribution in [0.3, 0.4) is 0 Å². The van der Waals surface area contributed by atoms with Gasteiger partial charge in [0.1, 0.15) is 23.0 Å². The highest BCUT2D eigenvalue weighted by Gasteiger charge is 2.11. The first-order valence-electron chi connectivity index (χ1n) is 9.13. The number of nitrogens with zero attached hydrogens (tertiary/aromatic N) is 2. The number of aromatic nitrogens is 2. The number of H-pyrrole nitrogens is 1. The van der Waals surface area contributed by atoms with E-state index in [1.54, 1.807) is 11.3 Å². The van der Waals surface area contributed by atoms with Crippen molar-refractivity contribution in [3.63, 3.8) is 0 Å². The number of ether oxygens (including phenoxy) is 1. The minimum atomic E-state index is -0.0904. The van der Waals surface area contributed by atoms with Crippen LogP contribution in [0, 0.1) is 0 Å². The summed E-state index contributed by atoms with van der Waals surface area (Å²) in [6.45, 7) is 1.86. The van der Waals surface area contributed by atoms with Gasteiger partial charge in [-0.25, -0.2) is 4.98 Å². The van der Waals surface area contributed by atoms with Gasteiger partial charge in [0.25, 0.3) is 5.56 Å². The number of likely N-dealkylation sites (N-methyl/N-ethyl adjacent to an activating group) is 1. The third kappa shape index (κ3) is 4.30. The van der Waals surface area contributed by atoms with Crippen molar-refractivity contribution in [2.75, 3.05) is 20.2 Å². The quantitative estimate of drug-likeness (QED) is 0.514. The molecule has 5 nitrogen and oxygen atoms in total. The molecule has 1 N–H and O–H groups in total. The molecule has 2 aromatic heterocycles. The van der Waals surface area contributed by atoms with Crippen LogP contribution in [0.4, 0.5) is 0 Å². The molecule has 4 aromatic rings. The van der Waals surface area contributed by atoms with Crippen LogP contribution < -0.4 is 10.3 Å². The first-order valence-corrected chi connectivity index (χ1v) is 9.95. The number of benzene rings is 2. The summed E-state index contributed by atoms with van der Waals surface area (Å²) < 4.78 is 5.73. The van der Waals surface area contributed by atoms with E-state index in [1.807, 2.05) is 73.8 Å². The van der Waals surface area contributed by atoms with Crippen molar-refractivity contribution < 1.29 is 4.74 Å². The van der Waals surface area contributed by atoms with E-state index in [9.17, 15) is 4.79 Å². The van der Waals surface area contributed by atoms with E-state index in [-0.39, 0.29) is 5.56 Å². The zero-order chi connectivity index (χ0) is 19.3. The Bertz CT molecular complexity index is 1110. The Balaban J connectivity index is 1.44. The van der Waals surface area contributed by atoms with Crippen LogP contribution in [0.5, 0.6) is 5.75 Å². The fourth-order valence-corrected chi connectivity index (χ4v) is 4.02. The van der Waals surface area contributed by atoms with Crippen molar-refractivity contribution in [1.29, 1.82) is 0 Å². The van der Waals surface area contributed by atoms with Crippen LogP contribution in [-0.2, 0) is 6.54 Å². The molecular formula is C22H21N3O2S. The number of fused-ring (bicyclic) bond motifs is 1. The lowest BCUT2D eigenvalue weighted by atomic mass is 10.2. The molecule has 0 atom stereocenters. The number of hydrogen-bond donors (Lipinski definition) is 1. The largest absolute Gasteiger partial charge is 0.492 e. The highest BCUT2D eigenvalue weighted by molar-refractivity contribution is 7.21. The van der Waals surface area contributed by atoms with Crippen LogP contribution in [0.1, 0.15) is 5.82 Å². The minimum absolute atomic E-state index is 0.0904. The van der Waals surface area contributed by atoms with Crippen molar-refractivity contribution in [3.05, 3.63) is 82.9 Å². The standard InChI is InChI=1S/C22H21N3O2S/c1-25(12-13-27-17-10-6-3-7-11-17)15-20-23-21(26)18-14-19(28-22(18)24-20)16-8-4-2-5-9-16/h2-11,14H,12-13,15H2,1H3,(H,23,24,26). The highest BCUT2D eigenvalue weighted by Crippen LogP contribution is 2.30. The summed E-state index contributed by atoms with van der Waals surface area (Å²) in [4.78, 5) is 24.0. The molecule has 6 heteroatoms. The molecule has 0 radical (unpaired) electrons. The lowest BCUT2D eigenvalue weighted by molar-refractivity contribution is 0.230.